The number of hydrogen-bond acceptors (Lipinski definition) is 6. The fraction of sp³-hybridized carbons (Fsp3) is 0.407. The standard InChI is InChI=1S/C27H30ClN5O2.ClH/c1-2-6-25-29-26(35-31-25)14-16-32-15-5-7-21(32)18-33-27(34)23-9-4-3-8-22(23)24(30-33)17-19-10-12-20(28)13-11-19;/h3-4,8-13,21H,2,5-7,14-18H2,1H3;1H. The number of likely N-dealkylation sites (tertiary alicyclic amines) is 1. The lowest BCUT2D eigenvalue weighted by molar-refractivity contribution is 0.219. The molecule has 1 atom stereocenters. The summed E-state index contributed by atoms with van der Waals surface area (Å²) in [7, 11) is 0. The van der Waals surface area contributed by atoms with Crippen molar-refractivity contribution in [2.75, 3.05) is 13.1 Å². The van der Waals surface area contributed by atoms with Crippen LogP contribution in [-0.4, -0.2) is 44.0 Å². The van der Waals surface area contributed by atoms with Gasteiger partial charge >= 0.3 is 0 Å². The molecule has 0 radical (unpaired) electrons. The zero-order valence-corrected chi connectivity index (χ0v) is 22.0. The Morgan fingerprint density at radius 1 is 1.08 bits per heavy atom. The van der Waals surface area contributed by atoms with Crippen molar-refractivity contribution in [3.05, 3.63) is 86.9 Å². The van der Waals surface area contributed by atoms with Crippen LogP contribution in [0.2, 0.25) is 5.02 Å². The van der Waals surface area contributed by atoms with Gasteiger partial charge in [0.2, 0.25) is 5.89 Å². The number of aryl methyl sites for hydroxylation is 1. The Kier molecular flexibility index (Phi) is 8.77. The molecule has 0 amide bonds. The minimum absolute atomic E-state index is 0. The van der Waals surface area contributed by atoms with Crippen LogP contribution in [0.3, 0.4) is 0 Å². The topological polar surface area (TPSA) is 77.0 Å². The van der Waals surface area contributed by atoms with Crippen LogP contribution in [0.25, 0.3) is 10.8 Å². The summed E-state index contributed by atoms with van der Waals surface area (Å²) < 4.78 is 7.08. The lowest BCUT2D eigenvalue weighted by Crippen LogP contribution is -2.38. The van der Waals surface area contributed by atoms with Gasteiger partial charge in [-0.1, -0.05) is 54.0 Å². The molecule has 0 saturated carbocycles. The maximum atomic E-state index is 13.3. The van der Waals surface area contributed by atoms with E-state index in [-0.39, 0.29) is 24.0 Å². The van der Waals surface area contributed by atoms with Crippen LogP contribution >= 0.6 is 24.0 Å². The Hall–Kier alpha value is -2.74. The van der Waals surface area contributed by atoms with Gasteiger partial charge in [0.05, 0.1) is 17.6 Å². The highest BCUT2D eigenvalue weighted by Gasteiger charge is 2.26. The van der Waals surface area contributed by atoms with E-state index in [9.17, 15) is 4.79 Å². The lowest BCUT2D eigenvalue weighted by atomic mass is 10.0. The molecule has 190 valence electrons. The zero-order valence-electron chi connectivity index (χ0n) is 20.4. The molecular weight excluding hydrogens is 497 g/mol. The van der Waals surface area contributed by atoms with Crippen molar-refractivity contribution >= 4 is 34.8 Å². The Balaban J connectivity index is 0.00000304. The zero-order chi connectivity index (χ0) is 24.2. The van der Waals surface area contributed by atoms with Gasteiger partial charge < -0.3 is 4.52 Å². The first-order chi connectivity index (χ1) is 17.1. The van der Waals surface area contributed by atoms with E-state index >= 15 is 0 Å². The summed E-state index contributed by atoms with van der Waals surface area (Å²) in [5.41, 5.74) is 1.98. The van der Waals surface area contributed by atoms with Crippen LogP contribution in [0.15, 0.2) is 57.8 Å². The normalized spacial score (nSPS) is 15.9. The van der Waals surface area contributed by atoms with Crippen LogP contribution < -0.4 is 5.56 Å². The van der Waals surface area contributed by atoms with Crippen LogP contribution in [0.5, 0.6) is 0 Å². The highest BCUT2D eigenvalue weighted by atomic mass is 35.5. The second kappa shape index (κ2) is 12.0. The molecular formula is C27H31Cl2N5O2. The Bertz CT molecular complexity index is 1350. The molecule has 0 spiro atoms. The highest BCUT2D eigenvalue weighted by Crippen LogP contribution is 2.21. The molecule has 1 saturated heterocycles. The van der Waals surface area contributed by atoms with Crippen molar-refractivity contribution in [1.29, 1.82) is 0 Å². The van der Waals surface area contributed by atoms with Gasteiger partial charge in [0.15, 0.2) is 5.82 Å². The summed E-state index contributed by atoms with van der Waals surface area (Å²) in [6.45, 7) is 4.51. The minimum atomic E-state index is -0.0339. The van der Waals surface area contributed by atoms with Gasteiger partial charge in [-0.05, 0) is 49.6 Å². The Morgan fingerprint density at radius 3 is 2.64 bits per heavy atom. The molecule has 5 rings (SSSR count). The quantitative estimate of drug-likeness (QED) is 0.301. The van der Waals surface area contributed by atoms with E-state index < -0.39 is 0 Å². The lowest BCUT2D eigenvalue weighted by Gasteiger charge is -2.24. The largest absolute Gasteiger partial charge is 0.339 e. The van der Waals surface area contributed by atoms with Gasteiger partial charge in [-0.3, -0.25) is 9.69 Å². The Morgan fingerprint density at radius 2 is 1.86 bits per heavy atom. The highest BCUT2D eigenvalue weighted by molar-refractivity contribution is 6.30. The van der Waals surface area contributed by atoms with E-state index in [4.69, 9.17) is 21.2 Å². The van der Waals surface area contributed by atoms with Crippen molar-refractivity contribution in [2.45, 2.75) is 58.0 Å². The fourth-order valence-electron chi connectivity index (χ4n) is 4.91. The van der Waals surface area contributed by atoms with E-state index in [1.807, 2.05) is 48.5 Å². The van der Waals surface area contributed by atoms with E-state index in [0.29, 0.717) is 29.3 Å². The molecule has 1 fully saturated rings. The van der Waals surface area contributed by atoms with E-state index in [1.165, 1.54) is 0 Å². The van der Waals surface area contributed by atoms with Gasteiger partial charge in [-0.25, -0.2) is 4.68 Å². The second-order valence-corrected chi connectivity index (χ2v) is 9.66. The third-order valence-corrected chi connectivity index (χ3v) is 6.96. The van der Waals surface area contributed by atoms with Crippen molar-refractivity contribution in [2.24, 2.45) is 0 Å². The number of halogens is 2. The molecule has 9 heteroatoms. The predicted octanol–water partition coefficient (Wildman–Crippen LogP) is 5.11. The summed E-state index contributed by atoms with van der Waals surface area (Å²) in [5.74, 6) is 1.46. The molecule has 0 bridgehead atoms. The maximum absolute atomic E-state index is 13.3. The van der Waals surface area contributed by atoms with Gasteiger partial charge in [0, 0.05) is 42.3 Å². The van der Waals surface area contributed by atoms with Crippen LogP contribution in [0.4, 0.5) is 0 Å². The molecule has 3 heterocycles. The summed E-state index contributed by atoms with van der Waals surface area (Å²) in [6, 6.07) is 15.8. The third kappa shape index (κ3) is 5.97. The number of aromatic nitrogens is 4. The van der Waals surface area contributed by atoms with Crippen molar-refractivity contribution in [3.63, 3.8) is 0 Å². The third-order valence-electron chi connectivity index (χ3n) is 6.71. The smallest absolute Gasteiger partial charge is 0.274 e. The summed E-state index contributed by atoms with van der Waals surface area (Å²) >= 11 is 6.07. The van der Waals surface area contributed by atoms with Crippen LogP contribution in [0, 0.1) is 0 Å². The van der Waals surface area contributed by atoms with Crippen molar-refractivity contribution in [3.8, 4) is 0 Å². The molecule has 4 aromatic rings. The average Bonchev–Trinajstić information content (AvgIpc) is 3.51. The van der Waals surface area contributed by atoms with Crippen LogP contribution in [0.1, 0.15) is 49.2 Å². The van der Waals surface area contributed by atoms with Gasteiger partial charge in [0.25, 0.3) is 5.56 Å². The monoisotopic (exact) mass is 527 g/mol. The summed E-state index contributed by atoms with van der Waals surface area (Å²) in [5, 5.41) is 11.3. The molecule has 0 aliphatic carbocycles. The average molecular weight is 528 g/mol. The molecule has 2 aromatic carbocycles. The van der Waals surface area contributed by atoms with E-state index in [2.05, 4.69) is 22.0 Å². The number of fused-ring (bicyclic) bond motifs is 1. The van der Waals surface area contributed by atoms with Crippen molar-refractivity contribution < 1.29 is 4.52 Å². The van der Waals surface area contributed by atoms with Gasteiger partial charge in [0.1, 0.15) is 0 Å². The first kappa shape index (κ1) is 26.3. The first-order valence-electron chi connectivity index (χ1n) is 12.4. The molecule has 1 unspecified atom stereocenters. The number of nitrogens with zero attached hydrogens (tertiary/aromatic N) is 5. The SMILES string of the molecule is CCCc1noc(CCN2CCCC2Cn2nc(Cc3ccc(Cl)cc3)c3ccccc3c2=O)n1.Cl. The van der Waals surface area contributed by atoms with Gasteiger partial charge in [-0.15, -0.1) is 12.4 Å². The summed E-state index contributed by atoms with van der Waals surface area (Å²) in [4.78, 5) is 20.3. The molecule has 1 aliphatic heterocycles. The molecule has 0 N–H and O–H groups in total. The van der Waals surface area contributed by atoms with Gasteiger partial charge in [-0.2, -0.15) is 10.1 Å². The summed E-state index contributed by atoms with van der Waals surface area (Å²) in [6.07, 6.45) is 5.35. The first-order valence-corrected chi connectivity index (χ1v) is 12.8. The molecule has 1 aliphatic rings. The number of rotatable bonds is 9. The van der Waals surface area contributed by atoms with Crippen LogP contribution in [-0.2, 0) is 25.8 Å². The second-order valence-electron chi connectivity index (χ2n) is 9.22. The number of hydrogen-bond donors (Lipinski definition) is 0. The van der Waals surface area contributed by atoms with E-state index in [0.717, 1.165) is 67.7 Å². The maximum Gasteiger partial charge on any atom is 0.274 e. The Labute approximate surface area is 221 Å². The minimum Gasteiger partial charge on any atom is -0.339 e. The molecule has 36 heavy (non-hydrogen) atoms. The predicted molar refractivity (Wildman–Crippen MR) is 144 cm³/mol. The molecule has 7 nitrogen and oxygen atoms in total. The van der Waals surface area contributed by atoms with E-state index in [1.54, 1.807) is 4.68 Å². The molecule has 2 aromatic heterocycles. The number of benzene rings is 2. The fourth-order valence-corrected chi connectivity index (χ4v) is 5.03. The van der Waals surface area contributed by atoms with Crippen molar-refractivity contribution in [1.82, 2.24) is 24.8 Å².